The zero-order valence-electron chi connectivity index (χ0n) is 6.46. The van der Waals surface area contributed by atoms with Gasteiger partial charge in [0.2, 0.25) is 0 Å². The van der Waals surface area contributed by atoms with Crippen LogP contribution in [0.5, 0.6) is 0 Å². The lowest BCUT2D eigenvalue weighted by molar-refractivity contribution is 0.923. The topological polar surface area (TPSA) is 38.9 Å². The number of aryl methyl sites for hydroxylation is 1. The van der Waals surface area contributed by atoms with Crippen LogP contribution in [0, 0.1) is 0 Å². The van der Waals surface area contributed by atoms with Crippen molar-refractivity contribution in [2.24, 2.45) is 5.73 Å². The Morgan fingerprint density at radius 2 is 2.45 bits per heavy atom. The molecule has 2 heteroatoms. The van der Waals surface area contributed by atoms with Gasteiger partial charge in [-0.05, 0) is 24.5 Å². The Balaban J connectivity index is 2.45. The van der Waals surface area contributed by atoms with Crippen molar-refractivity contribution in [2.75, 3.05) is 0 Å². The Hall–Kier alpha value is -1.31. The molecule has 1 aromatic rings. The summed E-state index contributed by atoms with van der Waals surface area (Å²) in [6, 6.07) is 3.96. The second kappa shape index (κ2) is 3.76. The molecule has 0 unspecified atom stereocenters. The highest BCUT2D eigenvalue weighted by Gasteiger charge is 1.91. The summed E-state index contributed by atoms with van der Waals surface area (Å²) >= 11 is 0. The minimum Gasteiger partial charge on any atom is -0.403 e. The molecule has 0 bridgehead atoms. The molecular weight excluding hydrogens is 136 g/mol. The second-order valence-electron chi connectivity index (χ2n) is 2.52. The Labute approximate surface area is 66.8 Å². The summed E-state index contributed by atoms with van der Waals surface area (Å²) in [4.78, 5) is 3.99. The molecule has 0 aliphatic carbocycles. The van der Waals surface area contributed by atoms with Crippen LogP contribution in [0.2, 0.25) is 0 Å². The van der Waals surface area contributed by atoms with Gasteiger partial charge in [0.1, 0.15) is 0 Å². The van der Waals surface area contributed by atoms with Crippen LogP contribution in [-0.2, 0) is 6.42 Å². The van der Waals surface area contributed by atoms with Crippen LogP contribution >= 0.6 is 0 Å². The standard InChI is InChI=1S/C9H12N2/c1-8(10)4-5-9-3-2-6-11-7-9/h2-3,6-7H,1,4-5,10H2. The summed E-state index contributed by atoms with van der Waals surface area (Å²) in [5.41, 5.74) is 7.36. The van der Waals surface area contributed by atoms with Crippen LogP contribution in [0.3, 0.4) is 0 Å². The third kappa shape index (κ3) is 2.85. The van der Waals surface area contributed by atoms with E-state index in [0.29, 0.717) is 0 Å². The lowest BCUT2D eigenvalue weighted by Crippen LogP contribution is -1.96. The Bertz CT molecular complexity index is 229. The van der Waals surface area contributed by atoms with Crippen molar-refractivity contribution in [1.82, 2.24) is 4.98 Å². The van der Waals surface area contributed by atoms with Crippen LogP contribution in [0.4, 0.5) is 0 Å². The normalized spacial score (nSPS) is 9.45. The highest BCUT2D eigenvalue weighted by Crippen LogP contribution is 2.02. The van der Waals surface area contributed by atoms with Gasteiger partial charge < -0.3 is 5.73 Å². The van der Waals surface area contributed by atoms with Crippen LogP contribution in [-0.4, -0.2) is 4.98 Å². The van der Waals surface area contributed by atoms with E-state index in [2.05, 4.69) is 11.6 Å². The van der Waals surface area contributed by atoms with Gasteiger partial charge in [-0.15, -0.1) is 0 Å². The van der Waals surface area contributed by atoms with Crippen LogP contribution in [0.15, 0.2) is 36.8 Å². The van der Waals surface area contributed by atoms with Crippen molar-refractivity contribution in [3.8, 4) is 0 Å². The minimum atomic E-state index is 0.730. The fraction of sp³-hybridized carbons (Fsp3) is 0.222. The maximum absolute atomic E-state index is 5.43. The van der Waals surface area contributed by atoms with E-state index in [4.69, 9.17) is 5.73 Å². The number of aromatic nitrogens is 1. The van der Waals surface area contributed by atoms with Gasteiger partial charge in [-0.1, -0.05) is 12.6 Å². The lowest BCUT2D eigenvalue weighted by Gasteiger charge is -1.98. The Morgan fingerprint density at radius 1 is 1.64 bits per heavy atom. The predicted octanol–water partition coefficient (Wildman–Crippen LogP) is 1.49. The van der Waals surface area contributed by atoms with E-state index in [0.717, 1.165) is 18.5 Å². The first-order valence-corrected chi connectivity index (χ1v) is 3.61. The molecule has 0 aliphatic heterocycles. The third-order valence-corrected chi connectivity index (χ3v) is 1.46. The van der Waals surface area contributed by atoms with Gasteiger partial charge in [0.05, 0.1) is 0 Å². The monoisotopic (exact) mass is 148 g/mol. The Kier molecular flexibility index (Phi) is 2.66. The van der Waals surface area contributed by atoms with E-state index in [1.54, 1.807) is 6.20 Å². The number of hydrogen-bond acceptors (Lipinski definition) is 2. The lowest BCUT2D eigenvalue weighted by atomic mass is 10.1. The number of nitrogens with zero attached hydrogens (tertiary/aromatic N) is 1. The van der Waals surface area contributed by atoms with Crippen molar-refractivity contribution in [3.63, 3.8) is 0 Å². The minimum absolute atomic E-state index is 0.730. The molecule has 58 valence electrons. The summed E-state index contributed by atoms with van der Waals surface area (Å²) < 4.78 is 0. The van der Waals surface area contributed by atoms with E-state index in [1.165, 1.54) is 5.56 Å². The van der Waals surface area contributed by atoms with Crippen molar-refractivity contribution in [2.45, 2.75) is 12.8 Å². The Morgan fingerprint density at radius 3 is 3.00 bits per heavy atom. The molecule has 0 radical (unpaired) electrons. The molecule has 1 heterocycles. The van der Waals surface area contributed by atoms with E-state index >= 15 is 0 Å². The molecular formula is C9H12N2. The van der Waals surface area contributed by atoms with Gasteiger partial charge in [0.25, 0.3) is 0 Å². The molecule has 2 N–H and O–H groups in total. The number of pyridine rings is 1. The number of hydrogen-bond donors (Lipinski definition) is 1. The van der Waals surface area contributed by atoms with Gasteiger partial charge in [-0.2, -0.15) is 0 Å². The fourth-order valence-electron chi connectivity index (χ4n) is 0.851. The maximum atomic E-state index is 5.43. The molecule has 1 rings (SSSR count). The largest absolute Gasteiger partial charge is 0.403 e. The summed E-state index contributed by atoms with van der Waals surface area (Å²) in [6.07, 6.45) is 5.39. The number of allylic oxidation sites excluding steroid dienone is 1. The van der Waals surface area contributed by atoms with Gasteiger partial charge in [0, 0.05) is 18.1 Å². The average Bonchev–Trinajstić information content (AvgIpc) is 2.03. The van der Waals surface area contributed by atoms with Crippen molar-refractivity contribution >= 4 is 0 Å². The highest BCUT2D eigenvalue weighted by molar-refractivity contribution is 5.10. The molecule has 11 heavy (non-hydrogen) atoms. The average molecular weight is 148 g/mol. The van der Waals surface area contributed by atoms with E-state index < -0.39 is 0 Å². The molecule has 0 amide bonds. The molecule has 0 atom stereocenters. The van der Waals surface area contributed by atoms with Gasteiger partial charge in [0.15, 0.2) is 0 Å². The summed E-state index contributed by atoms with van der Waals surface area (Å²) in [5.74, 6) is 0. The number of nitrogens with two attached hydrogens (primary N) is 1. The molecule has 1 aromatic heterocycles. The molecule has 0 aliphatic rings. The fourth-order valence-corrected chi connectivity index (χ4v) is 0.851. The van der Waals surface area contributed by atoms with Gasteiger partial charge in [-0.3, -0.25) is 4.98 Å². The van der Waals surface area contributed by atoms with E-state index in [9.17, 15) is 0 Å². The third-order valence-electron chi connectivity index (χ3n) is 1.46. The van der Waals surface area contributed by atoms with Gasteiger partial charge >= 0.3 is 0 Å². The quantitative estimate of drug-likeness (QED) is 0.705. The first kappa shape index (κ1) is 7.79. The molecule has 0 saturated heterocycles. The van der Waals surface area contributed by atoms with E-state index in [-0.39, 0.29) is 0 Å². The molecule has 0 spiro atoms. The molecule has 0 aromatic carbocycles. The van der Waals surface area contributed by atoms with E-state index in [1.807, 2.05) is 18.3 Å². The zero-order chi connectivity index (χ0) is 8.10. The van der Waals surface area contributed by atoms with Crippen LogP contribution < -0.4 is 5.73 Å². The molecule has 2 nitrogen and oxygen atoms in total. The first-order valence-electron chi connectivity index (χ1n) is 3.61. The summed E-state index contributed by atoms with van der Waals surface area (Å²) in [7, 11) is 0. The summed E-state index contributed by atoms with van der Waals surface area (Å²) in [6.45, 7) is 3.63. The zero-order valence-corrected chi connectivity index (χ0v) is 6.46. The SMILES string of the molecule is C=C(N)CCc1cccnc1. The number of rotatable bonds is 3. The second-order valence-corrected chi connectivity index (χ2v) is 2.52. The maximum Gasteiger partial charge on any atom is 0.0299 e. The van der Waals surface area contributed by atoms with Gasteiger partial charge in [-0.25, -0.2) is 0 Å². The van der Waals surface area contributed by atoms with Crippen LogP contribution in [0.25, 0.3) is 0 Å². The van der Waals surface area contributed by atoms with Crippen LogP contribution in [0.1, 0.15) is 12.0 Å². The smallest absolute Gasteiger partial charge is 0.0299 e. The van der Waals surface area contributed by atoms with Crippen molar-refractivity contribution in [3.05, 3.63) is 42.4 Å². The predicted molar refractivity (Wildman–Crippen MR) is 45.9 cm³/mol. The summed E-state index contributed by atoms with van der Waals surface area (Å²) in [5, 5.41) is 0. The first-order chi connectivity index (χ1) is 5.29. The van der Waals surface area contributed by atoms with Crippen molar-refractivity contribution < 1.29 is 0 Å². The van der Waals surface area contributed by atoms with Crippen molar-refractivity contribution in [1.29, 1.82) is 0 Å². The molecule has 0 saturated carbocycles. The highest BCUT2D eigenvalue weighted by atomic mass is 14.6. The molecule has 0 fully saturated rings.